The number of hydrogen-bond donors (Lipinski definition) is 1. The van der Waals surface area contributed by atoms with Gasteiger partial charge in [0.05, 0.1) is 11.4 Å². The molecule has 9 heteroatoms. The molecule has 0 radical (unpaired) electrons. The summed E-state index contributed by atoms with van der Waals surface area (Å²) in [5.74, 6) is 0.359. The van der Waals surface area contributed by atoms with Crippen molar-refractivity contribution < 1.29 is 4.79 Å². The molecule has 5 heterocycles. The van der Waals surface area contributed by atoms with Crippen LogP contribution in [-0.4, -0.2) is 40.1 Å². The molecule has 5 aromatic heterocycles. The second-order valence-corrected chi connectivity index (χ2v) is 7.73. The van der Waals surface area contributed by atoms with Gasteiger partial charge in [0.2, 0.25) is 5.82 Å². The van der Waals surface area contributed by atoms with Gasteiger partial charge in [0, 0.05) is 23.6 Å². The number of hydrogen-bond acceptors (Lipinski definition) is 6. The highest BCUT2D eigenvalue weighted by Gasteiger charge is 2.17. The summed E-state index contributed by atoms with van der Waals surface area (Å²) in [6.07, 6.45) is 3.54. The molecule has 0 saturated heterocycles. The lowest BCUT2D eigenvalue weighted by Crippen LogP contribution is -2.15. The van der Waals surface area contributed by atoms with Gasteiger partial charge < -0.3 is 5.32 Å². The third kappa shape index (κ3) is 3.36. The summed E-state index contributed by atoms with van der Waals surface area (Å²) in [5, 5.41) is 16.1. The minimum atomic E-state index is -0.215. The predicted octanol–water partition coefficient (Wildman–Crippen LogP) is 4.06. The van der Waals surface area contributed by atoms with E-state index in [9.17, 15) is 4.79 Å². The number of imidazole rings is 1. The topological polar surface area (TPSA) is 102 Å². The number of anilines is 1. The Bertz CT molecular complexity index is 1650. The first-order valence-electron chi connectivity index (χ1n) is 10.7. The molecule has 6 rings (SSSR count). The van der Waals surface area contributed by atoms with Crippen LogP contribution in [0.15, 0.2) is 85.2 Å². The van der Waals surface area contributed by atoms with Gasteiger partial charge in [0.25, 0.3) is 5.91 Å². The van der Waals surface area contributed by atoms with Crippen LogP contribution in [0.1, 0.15) is 16.2 Å². The molecule has 1 N–H and O–H groups in total. The lowest BCUT2D eigenvalue weighted by atomic mass is 10.1. The molecule has 0 saturated carbocycles. The van der Waals surface area contributed by atoms with Crippen LogP contribution in [0.3, 0.4) is 0 Å². The second-order valence-electron chi connectivity index (χ2n) is 7.73. The van der Waals surface area contributed by atoms with E-state index < -0.39 is 0 Å². The summed E-state index contributed by atoms with van der Waals surface area (Å²) in [6.45, 7) is 1.83. The van der Waals surface area contributed by atoms with E-state index in [2.05, 4.69) is 25.5 Å². The van der Waals surface area contributed by atoms with E-state index in [4.69, 9.17) is 5.10 Å². The summed E-state index contributed by atoms with van der Waals surface area (Å²) >= 11 is 0. The molecule has 0 atom stereocenters. The molecule has 1 aromatic carbocycles. The smallest absolute Gasteiger partial charge is 0.274 e. The van der Waals surface area contributed by atoms with Crippen molar-refractivity contribution in [1.82, 2.24) is 34.2 Å². The van der Waals surface area contributed by atoms with Gasteiger partial charge >= 0.3 is 0 Å². The van der Waals surface area contributed by atoms with E-state index >= 15 is 0 Å². The highest BCUT2D eigenvalue weighted by molar-refractivity contribution is 6.04. The van der Waals surface area contributed by atoms with Crippen molar-refractivity contribution in [3.05, 3.63) is 96.6 Å². The van der Waals surface area contributed by atoms with Crippen LogP contribution in [0.2, 0.25) is 0 Å². The molecule has 1 amide bonds. The van der Waals surface area contributed by atoms with Crippen LogP contribution in [0.25, 0.3) is 34.1 Å². The Morgan fingerprint density at radius 2 is 1.71 bits per heavy atom. The molecular formula is C25H18N8O. The zero-order valence-corrected chi connectivity index (χ0v) is 18.1. The molecular weight excluding hydrogens is 428 g/mol. The van der Waals surface area contributed by atoms with Crippen LogP contribution >= 0.6 is 0 Å². The van der Waals surface area contributed by atoms with Crippen LogP contribution in [0, 0.1) is 6.92 Å². The van der Waals surface area contributed by atoms with Crippen molar-refractivity contribution in [2.45, 2.75) is 6.92 Å². The summed E-state index contributed by atoms with van der Waals surface area (Å²) in [6, 6.07) is 22.5. The molecule has 34 heavy (non-hydrogen) atoms. The van der Waals surface area contributed by atoms with E-state index in [1.165, 1.54) is 0 Å². The summed E-state index contributed by atoms with van der Waals surface area (Å²) in [4.78, 5) is 21.8. The fraction of sp³-hybridized carbons (Fsp3) is 0.0400. The first-order valence-corrected chi connectivity index (χ1v) is 10.7. The number of fused-ring (bicyclic) bond motifs is 2. The third-order valence-corrected chi connectivity index (χ3v) is 5.51. The molecule has 0 spiro atoms. The Balaban J connectivity index is 1.28. The van der Waals surface area contributed by atoms with Gasteiger partial charge in [-0.15, -0.1) is 10.2 Å². The van der Waals surface area contributed by atoms with Gasteiger partial charge in [-0.2, -0.15) is 9.61 Å². The highest BCUT2D eigenvalue weighted by Crippen LogP contribution is 2.22. The average Bonchev–Trinajstić information content (AvgIpc) is 3.44. The monoisotopic (exact) mass is 446 g/mol. The van der Waals surface area contributed by atoms with Crippen molar-refractivity contribution in [3.8, 4) is 22.8 Å². The van der Waals surface area contributed by atoms with Crippen LogP contribution in [-0.2, 0) is 0 Å². The van der Waals surface area contributed by atoms with Crippen LogP contribution < -0.4 is 5.32 Å². The number of nitrogens with zero attached hydrogens (tertiary/aromatic N) is 7. The van der Waals surface area contributed by atoms with Gasteiger partial charge in [0.1, 0.15) is 17.0 Å². The van der Waals surface area contributed by atoms with Crippen molar-refractivity contribution >= 4 is 22.9 Å². The standard InChI is InChI=1S/C25H18N8O/c1-16-23(32-15-5-3-7-21(32)27-16)25(34)28-18-10-8-17(9-11-18)19-12-13-22-29-30-24(33(22)31-19)20-6-2-4-14-26-20/h2-15H,1H3,(H,28,34). The Kier molecular flexibility index (Phi) is 4.58. The van der Waals surface area contributed by atoms with E-state index in [1.54, 1.807) is 15.1 Å². The minimum absolute atomic E-state index is 0.215. The van der Waals surface area contributed by atoms with Crippen molar-refractivity contribution in [3.63, 3.8) is 0 Å². The fourth-order valence-electron chi connectivity index (χ4n) is 3.90. The average molecular weight is 446 g/mol. The summed E-state index contributed by atoms with van der Waals surface area (Å²) in [5.41, 5.74) is 5.58. The Morgan fingerprint density at radius 1 is 0.853 bits per heavy atom. The maximum absolute atomic E-state index is 12.9. The molecule has 0 aliphatic heterocycles. The molecule has 0 fully saturated rings. The molecule has 9 nitrogen and oxygen atoms in total. The van der Waals surface area contributed by atoms with Gasteiger partial charge in [-0.1, -0.05) is 24.3 Å². The number of pyridine rings is 2. The number of amides is 1. The number of rotatable bonds is 4. The van der Waals surface area contributed by atoms with Crippen molar-refractivity contribution in [2.24, 2.45) is 0 Å². The van der Waals surface area contributed by atoms with E-state index in [-0.39, 0.29) is 5.91 Å². The number of carbonyl (C=O) groups is 1. The first kappa shape index (κ1) is 19.7. The number of aryl methyl sites for hydroxylation is 1. The van der Waals surface area contributed by atoms with Gasteiger partial charge in [-0.3, -0.25) is 14.2 Å². The number of carbonyl (C=O) groups excluding carboxylic acids is 1. The SMILES string of the molecule is Cc1nc2ccccn2c1C(=O)Nc1ccc(-c2ccc3nnc(-c4ccccn4)n3n2)cc1. The highest BCUT2D eigenvalue weighted by atomic mass is 16.2. The van der Waals surface area contributed by atoms with Crippen molar-refractivity contribution in [2.75, 3.05) is 5.32 Å². The van der Waals surface area contributed by atoms with E-state index in [0.717, 1.165) is 16.9 Å². The number of nitrogens with one attached hydrogen (secondary N) is 1. The molecule has 0 bridgehead atoms. The largest absolute Gasteiger partial charge is 0.321 e. The van der Waals surface area contributed by atoms with Crippen LogP contribution in [0.4, 0.5) is 5.69 Å². The number of benzene rings is 1. The summed E-state index contributed by atoms with van der Waals surface area (Å²) < 4.78 is 3.47. The van der Waals surface area contributed by atoms with Gasteiger partial charge in [-0.25, -0.2) is 4.98 Å². The molecule has 164 valence electrons. The van der Waals surface area contributed by atoms with E-state index in [1.807, 2.05) is 85.9 Å². The maximum atomic E-state index is 12.9. The third-order valence-electron chi connectivity index (χ3n) is 5.51. The molecule has 0 aliphatic carbocycles. The zero-order valence-electron chi connectivity index (χ0n) is 18.1. The lowest BCUT2D eigenvalue weighted by Gasteiger charge is -2.08. The predicted molar refractivity (Wildman–Crippen MR) is 127 cm³/mol. The fourth-order valence-corrected chi connectivity index (χ4v) is 3.90. The maximum Gasteiger partial charge on any atom is 0.274 e. The minimum Gasteiger partial charge on any atom is -0.321 e. The zero-order chi connectivity index (χ0) is 23.1. The summed E-state index contributed by atoms with van der Waals surface area (Å²) in [7, 11) is 0. The number of aromatic nitrogens is 7. The van der Waals surface area contributed by atoms with Crippen LogP contribution in [0.5, 0.6) is 0 Å². The normalized spacial score (nSPS) is 11.2. The lowest BCUT2D eigenvalue weighted by molar-refractivity contribution is 0.102. The quantitative estimate of drug-likeness (QED) is 0.438. The molecule has 6 aromatic rings. The Hall–Kier alpha value is -4.92. The second kappa shape index (κ2) is 7.89. The van der Waals surface area contributed by atoms with Crippen molar-refractivity contribution in [1.29, 1.82) is 0 Å². The first-order chi connectivity index (χ1) is 16.7. The van der Waals surface area contributed by atoms with E-state index in [0.29, 0.717) is 34.2 Å². The van der Waals surface area contributed by atoms with Gasteiger partial charge in [-0.05, 0) is 55.5 Å². The molecule has 0 unspecified atom stereocenters. The molecule has 0 aliphatic rings. The van der Waals surface area contributed by atoms with Gasteiger partial charge in [0.15, 0.2) is 5.65 Å². The Morgan fingerprint density at radius 3 is 2.53 bits per heavy atom. The Labute approximate surface area is 193 Å².